The Morgan fingerprint density at radius 3 is 2.80 bits per heavy atom. The van der Waals surface area contributed by atoms with Gasteiger partial charge in [0.05, 0.1) is 37.9 Å². The van der Waals surface area contributed by atoms with Crippen LogP contribution in [0.25, 0.3) is 0 Å². The largest absolute Gasteiger partial charge is 0.497 e. The van der Waals surface area contributed by atoms with Gasteiger partial charge in [-0.2, -0.15) is 15.2 Å². The van der Waals surface area contributed by atoms with Crippen molar-refractivity contribution in [2.75, 3.05) is 83.5 Å². The van der Waals surface area contributed by atoms with E-state index >= 15 is 0 Å². The lowest BCUT2D eigenvalue weighted by Crippen LogP contribution is -2.55. The van der Waals surface area contributed by atoms with Gasteiger partial charge in [-0.1, -0.05) is 6.58 Å². The molecule has 0 N–H and O–H groups in total. The van der Waals surface area contributed by atoms with Gasteiger partial charge < -0.3 is 33.8 Å². The molecule has 1 aromatic heterocycles. The van der Waals surface area contributed by atoms with Crippen LogP contribution in [0.2, 0.25) is 0 Å². The third-order valence-electron chi connectivity index (χ3n) is 9.04. The molecule has 0 saturated carbocycles. The van der Waals surface area contributed by atoms with Crippen molar-refractivity contribution < 1.29 is 19.0 Å². The average molecular weight is 604 g/mol. The van der Waals surface area contributed by atoms with E-state index in [1.165, 1.54) is 17.3 Å². The van der Waals surface area contributed by atoms with Crippen molar-refractivity contribution in [2.45, 2.75) is 50.6 Å². The first kappa shape index (κ1) is 31.5. The molecule has 1 unspecified atom stereocenters. The number of hydrogen-bond donors (Lipinski definition) is 0. The predicted octanol–water partition coefficient (Wildman–Crippen LogP) is 2.87. The number of nitriles is 1. The fraction of sp³-hybridized carbons (Fsp3) is 0.576. The predicted molar refractivity (Wildman–Crippen MR) is 170 cm³/mol. The maximum atomic E-state index is 12.5. The summed E-state index contributed by atoms with van der Waals surface area (Å²) < 4.78 is 16.9. The normalized spacial score (nSPS) is 19.7. The summed E-state index contributed by atoms with van der Waals surface area (Å²) in [7, 11) is 5.46. The Labute approximate surface area is 261 Å². The van der Waals surface area contributed by atoms with E-state index in [0.717, 1.165) is 74.6 Å². The molecule has 1 aromatic carbocycles. The standard InChI is InChI=1S/C33H45N7O4/c1-5-31(41)40-16-15-38(23-26(40)12-13-34)32-28-10-8-25(39-14-6-7-24-21-27(43-4)9-11-30(24)39)22-29(28)35-33(36-32)44-20-18-37(2)17-19-42-3/h5,9,11,21,25-26H,1,6-8,10,12,14-20,22-23H2,2-4H3/t25?,26-/m0/s1. The molecule has 1 amide bonds. The summed E-state index contributed by atoms with van der Waals surface area (Å²) in [6, 6.07) is 9.15. The van der Waals surface area contributed by atoms with Crippen molar-refractivity contribution >= 4 is 17.4 Å². The van der Waals surface area contributed by atoms with Crippen LogP contribution < -0.4 is 19.3 Å². The molecule has 1 aliphatic carbocycles. The highest BCUT2D eigenvalue weighted by atomic mass is 16.5. The minimum absolute atomic E-state index is 0.140. The summed E-state index contributed by atoms with van der Waals surface area (Å²) >= 11 is 0. The van der Waals surface area contributed by atoms with Gasteiger partial charge in [0.15, 0.2) is 0 Å². The number of nitrogens with zero attached hydrogens (tertiary/aromatic N) is 7. The van der Waals surface area contributed by atoms with Crippen molar-refractivity contribution in [3.8, 4) is 17.8 Å². The van der Waals surface area contributed by atoms with Gasteiger partial charge in [0.25, 0.3) is 0 Å². The molecule has 0 radical (unpaired) electrons. The number of aryl methyl sites for hydroxylation is 1. The SMILES string of the molecule is C=CC(=O)N1CCN(c2nc(OCCN(C)CCOC)nc3c2CCC(N2CCCc4cc(OC)ccc42)C3)C[C@@H]1CC#N. The third kappa shape index (κ3) is 7.08. The first-order valence-electron chi connectivity index (χ1n) is 15.6. The maximum absolute atomic E-state index is 12.5. The Kier molecular flexibility index (Phi) is 10.6. The number of rotatable bonds is 12. The number of carbonyl (C=O) groups is 1. The van der Waals surface area contributed by atoms with Crippen molar-refractivity contribution in [2.24, 2.45) is 0 Å². The van der Waals surface area contributed by atoms with Gasteiger partial charge in [-0.05, 0) is 62.6 Å². The Morgan fingerprint density at radius 1 is 1.18 bits per heavy atom. The van der Waals surface area contributed by atoms with Gasteiger partial charge in [0.1, 0.15) is 18.2 Å². The van der Waals surface area contributed by atoms with Crippen LogP contribution in [0.1, 0.15) is 36.1 Å². The molecule has 1 fully saturated rings. The van der Waals surface area contributed by atoms with Gasteiger partial charge in [-0.3, -0.25) is 4.79 Å². The highest BCUT2D eigenvalue weighted by Gasteiger charge is 2.35. The molecule has 2 atom stereocenters. The number of ether oxygens (including phenoxy) is 3. The average Bonchev–Trinajstić information content (AvgIpc) is 3.05. The van der Waals surface area contributed by atoms with E-state index in [1.807, 2.05) is 7.05 Å². The lowest BCUT2D eigenvalue weighted by Gasteiger charge is -2.43. The maximum Gasteiger partial charge on any atom is 0.318 e. The van der Waals surface area contributed by atoms with Crippen LogP contribution in [0.5, 0.6) is 11.8 Å². The van der Waals surface area contributed by atoms with Crippen LogP contribution in [0.3, 0.4) is 0 Å². The first-order chi connectivity index (χ1) is 21.4. The molecule has 11 heteroatoms. The van der Waals surface area contributed by atoms with Crippen LogP contribution >= 0.6 is 0 Å². The minimum Gasteiger partial charge on any atom is -0.497 e. The zero-order chi connectivity index (χ0) is 31.1. The van der Waals surface area contributed by atoms with Crippen LogP contribution in [0.15, 0.2) is 30.9 Å². The molecule has 11 nitrogen and oxygen atoms in total. The highest BCUT2D eigenvalue weighted by molar-refractivity contribution is 5.87. The molecule has 44 heavy (non-hydrogen) atoms. The van der Waals surface area contributed by atoms with E-state index < -0.39 is 0 Å². The van der Waals surface area contributed by atoms with E-state index in [-0.39, 0.29) is 18.4 Å². The number of hydrogen-bond acceptors (Lipinski definition) is 10. The van der Waals surface area contributed by atoms with E-state index in [4.69, 9.17) is 24.2 Å². The molecule has 1 saturated heterocycles. The molecule has 3 aliphatic rings. The molecule has 0 spiro atoms. The Hall–Kier alpha value is -3.88. The Bertz CT molecular complexity index is 1360. The minimum atomic E-state index is -0.234. The fourth-order valence-electron chi connectivity index (χ4n) is 6.64. The van der Waals surface area contributed by atoms with Crippen LogP contribution in [0.4, 0.5) is 11.5 Å². The third-order valence-corrected chi connectivity index (χ3v) is 9.04. The van der Waals surface area contributed by atoms with Crippen LogP contribution in [-0.2, 0) is 28.8 Å². The number of aromatic nitrogens is 2. The monoisotopic (exact) mass is 603 g/mol. The molecule has 5 rings (SSSR count). The zero-order valence-corrected chi connectivity index (χ0v) is 26.3. The summed E-state index contributed by atoms with van der Waals surface area (Å²) in [5, 5.41) is 9.53. The summed E-state index contributed by atoms with van der Waals surface area (Å²) in [5.41, 5.74) is 4.80. The quantitative estimate of drug-likeness (QED) is 0.336. The number of piperazine rings is 1. The second-order valence-corrected chi connectivity index (χ2v) is 11.8. The number of anilines is 2. The van der Waals surface area contributed by atoms with Gasteiger partial charge in [0.2, 0.25) is 5.91 Å². The van der Waals surface area contributed by atoms with Gasteiger partial charge in [-0.25, -0.2) is 0 Å². The topological polar surface area (TPSA) is 107 Å². The molecule has 2 aromatic rings. The Balaban J connectivity index is 1.41. The smallest absolute Gasteiger partial charge is 0.318 e. The van der Waals surface area contributed by atoms with E-state index in [2.05, 4.69) is 45.5 Å². The number of fused-ring (bicyclic) bond motifs is 2. The highest BCUT2D eigenvalue weighted by Crippen LogP contribution is 2.37. The number of likely N-dealkylation sites (N-methyl/N-ethyl adjacent to an activating group) is 1. The summed E-state index contributed by atoms with van der Waals surface area (Å²) in [4.78, 5) is 31.2. The van der Waals surface area contributed by atoms with Crippen LogP contribution in [-0.4, -0.2) is 112 Å². The first-order valence-corrected chi connectivity index (χ1v) is 15.6. The Morgan fingerprint density at radius 2 is 2.02 bits per heavy atom. The molecule has 3 heterocycles. The summed E-state index contributed by atoms with van der Waals surface area (Å²) in [6.45, 7) is 8.99. The van der Waals surface area contributed by atoms with Crippen molar-refractivity contribution in [3.63, 3.8) is 0 Å². The molecule has 236 valence electrons. The molecule has 2 aliphatic heterocycles. The second-order valence-electron chi connectivity index (χ2n) is 11.8. The van der Waals surface area contributed by atoms with Crippen molar-refractivity contribution in [1.82, 2.24) is 19.8 Å². The fourth-order valence-corrected chi connectivity index (χ4v) is 6.64. The van der Waals surface area contributed by atoms with E-state index in [9.17, 15) is 10.1 Å². The van der Waals surface area contributed by atoms with Gasteiger partial charge in [-0.15, -0.1) is 0 Å². The number of methoxy groups -OCH3 is 2. The summed E-state index contributed by atoms with van der Waals surface area (Å²) in [5.74, 6) is 1.63. The van der Waals surface area contributed by atoms with Gasteiger partial charge >= 0.3 is 6.01 Å². The van der Waals surface area contributed by atoms with Crippen LogP contribution in [0, 0.1) is 11.3 Å². The van der Waals surface area contributed by atoms with Crippen molar-refractivity contribution in [1.29, 1.82) is 5.26 Å². The number of amides is 1. The van der Waals surface area contributed by atoms with E-state index in [1.54, 1.807) is 19.1 Å². The lowest BCUT2D eigenvalue weighted by molar-refractivity contribution is -0.128. The lowest BCUT2D eigenvalue weighted by atomic mass is 9.88. The zero-order valence-electron chi connectivity index (χ0n) is 26.3. The van der Waals surface area contributed by atoms with Crippen molar-refractivity contribution in [3.05, 3.63) is 47.7 Å². The molecular formula is C33H45N7O4. The van der Waals surface area contributed by atoms with Gasteiger partial charge in [0, 0.05) is 70.1 Å². The summed E-state index contributed by atoms with van der Waals surface area (Å²) in [6.07, 6.45) is 6.40. The van der Waals surface area contributed by atoms with E-state index in [0.29, 0.717) is 44.9 Å². The molecular weight excluding hydrogens is 558 g/mol. The number of carbonyl (C=O) groups excluding carboxylic acids is 1. The number of benzene rings is 1. The second kappa shape index (κ2) is 14.7. The molecule has 0 bridgehead atoms.